The molecule has 5 heteroatoms. The first kappa shape index (κ1) is 20.6. The molecule has 0 amide bonds. The van der Waals surface area contributed by atoms with E-state index in [1.165, 1.54) is 0 Å². The van der Waals surface area contributed by atoms with E-state index in [2.05, 4.69) is 0 Å². The van der Waals surface area contributed by atoms with Crippen molar-refractivity contribution in [2.45, 2.75) is 31.8 Å². The van der Waals surface area contributed by atoms with E-state index in [4.69, 9.17) is 9.84 Å². The zero-order chi connectivity index (χ0) is 19.5. The molecule has 0 heterocycles. The molecule has 0 radical (unpaired) electrons. The number of ether oxygens (including phenoxy) is 1. The number of carbonyl (C=O) groups excluding carboxylic acids is 1. The number of carbonyl (C=O) groups is 2. The van der Waals surface area contributed by atoms with Crippen LogP contribution in [0.15, 0.2) is 66.8 Å². The maximum absolute atomic E-state index is 12.0. The summed E-state index contributed by atoms with van der Waals surface area (Å²) < 4.78 is 5.51. The molecule has 1 aliphatic carbocycles. The molecule has 1 aromatic carbocycles. The van der Waals surface area contributed by atoms with Crippen LogP contribution in [0.3, 0.4) is 0 Å². The Labute approximate surface area is 159 Å². The number of unbranched alkanes of at least 4 members (excludes halogenated alkanes) is 1. The van der Waals surface area contributed by atoms with E-state index in [0.29, 0.717) is 25.0 Å². The highest BCUT2D eigenvalue weighted by molar-refractivity contribution is 5.95. The van der Waals surface area contributed by atoms with Crippen LogP contribution in [0.1, 0.15) is 25.7 Å². The van der Waals surface area contributed by atoms with Crippen molar-refractivity contribution in [3.8, 4) is 5.75 Å². The van der Waals surface area contributed by atoms with Gasteiger partial charge in [0.1, 0.15) is 18.5 Å². The Morgan fingerprint density at radius 1 is 1.22 bits per heavy atom. The predicted molar refractivity (Wildman–Crippen MR) is 103 cm³/mol. The number of aliphatic hydroxyl groups excluding tert-OH is 1. The van der Waals surface area contributed by atoms with Gasteiger partial charge in [-0.05, 0) is 37.5 Å². The van der Waals surface area contributed by atoms with Gasteiger partial charge in [-0.25, -0.2) is 0 Å². The number of hydrogen-bond donors (Lipinski definition) is 2. The van der Waals surface area contributed by atoms with Crippen LogP contribution < -0.4 is 4.74 Å². The monoisotopic (exact) mass is 370 g/mol. The van der Waals surface area contributed by atoms with Crippen molar-refractivity contribution >= 4 is 11.8 Å². The molecule has 27 heavy (non-hydrogen) atoms. The smallest absolute Gasteiger partial charge is 0.303 e. The zero-order valence-corrected chi connectivity index (χ0v) is 15.2. The van der Waals surface area contributed by atoms with Crippen molar-refractivity contribution in [1.82, 2.24) is 0 Å². The first-order valence-electron chi connectivity index (χ1n) is 9.19. The number of aliphatic carboxylic acids is 1. The van der Waals surface area contributed by atoms with Gasteiger partial charge in [0.15, 0.2) is 5.78 Å². The summed E-state index contributed by atoms with van der Waals surface area (Å²) in [5.41, 5.74) is 0. The Balaban J connectivity index is 1.76. The highest BCUT2D eigenvalue weighted by Crippen LogP contribution is 2.27. The van der Waals surface area contributed by atoms with E-state index in [1.54, 1.807) is 12.2 Å². The first-order chi connectivity index (χ1) is 13.1. The third-order valence-corrected chi connectivity index (χ3v) is 4.35. The Morgan fingerprint density at radius 3 is 2.74 bits per heavy atom. The van der Waals surface area contributed by atoms with Crippen molar-refractivity contribution in [1.29, 1.82) is 0 Å². The summed E-state index contributed by atoms with van der Waals surface area (Å²) in [7, 11) is 0. The van der Waals surface area contributed by atoms with E-state index in [1.807, 2.05) is 54.6 Å². The van der Waals surface area contributed by atoms with Gasteiger partial charge in [0.2, 0.25) is 0 Å². The summed E-state index contributed by atoms with van der Waals surface area (Å²) in [5, 5.41) is 18.7. The van der Waals surface area contributed by atoms with Gasteiger partial charge in [-0.1, -0.05) is 48.6 Å². The molecule has 0 aromatic heterocycles. The average Bonchev–Trinajstić information content (AvgIpc) is 3.01. The second kappa shape index (κ2) is 11.1. The molecule has 0 saturated heterocycles. The lowest BCUT2D eigenvalue weighted by atomic mass is 9.90. The van der Waals surface area contributed by atoms with Crippen LogP contribution in [-0.2, 0) is 9.59 Å². The van der Waals surface area contributed by atoms with Gasteiger partial charge in [0, 0.05) is 18.3 Å². The highest BCUT2D eigenvalue weighted by Gasteiger charge is 2.27. The topological polar surface area (TPSA) is 83.8 Å². The average molecular weight is 370 g/mol. The number of aliphatic hydroxyl groups is 1. The van der Waals surface area contributed by atoms with Crippen LogP contribution in [0.2, 0.25) is 0 Å². The van der Waals surface area contributed by atoms with Gasteiger partial charge in [-0.3, -0.25) is 9.59 Å². The summed E-state index contributed by atoms with van der Waals surface area (Å²) in [4.78, 5) is 22.5. The number of ketones is 1. The lowest BCUT2D eigenvalue weighted by Crippen LogP contribution is -2.17. The third-order valence-electron chi connectivity index (χ3n) is 4.35. The van der Waals surface area contributed by atoms with Crippen molar-refractivity contribution in [2.75, 3.05) is 6.61 Å². The lowest BCUT2D eigenvalue weighted by molar-refractivity contribution is -0.137. The Morgan fingerprint density at radius 2 is 2.00 bits per heavy atom. The van der Waals surface area contributed by atoms with E-state index < -0.39 is 12.1 Å². The van der Waals surface area contributed by atoms with Crippen molar-refractivity contribution in [3.05, 3.63) is 66.8 Å². The summed E-state index contributed by atoms with van der Waals surface area (Å²) in [6.07, 6.45) is 12.1. The van der Waals surface area contributed by atoms with Crippen LogP contribution in [0.25, 0.3) is 0 Å². The minimum absolute atomic E-state index is 0.0486. The lowest BCUT2D eigenvalue weighted by Gasteiger charge is -2.14. The fraction of sp³-hybridized carbons (Fsp3) is 0.364. The van der Waals surface area contributed by atoms with Gasteiger partial charge >= 0.3 is 5.97 Å². The number of allylic oxidation sites excluding steroid dienone is 5. The van der Waals surface area contributed by atoms with Crippen molar-refractivity contribution in [2.24, 2.45) is 11.8 Å². The Kier molecular flexibility index (Phi) is 8.52. The molecule has 0 spiro atoms. The minimum Gasteiger partial charge on any atom is -0.491 e. The number of carboxylic acid groups (broad SMARTS) is 1. The van der Waals surface area contributed by atoms with Gasteiger partial charge in [-0.2, -0.15) is 0 Å². The number of para-hydroxylation sites is 1. The molecule has 0 aliphatic heterocycles. The SMILES string of the molecule is O=C(O)CCCC=CC[C@H]1C(=O)C=C[C@@H]1C=C[C@@H](O)COc1ccccc1. The summed E-state index contributed by atoms with van der Waals surface area (Å²) in [6, 6.07) is 9.28. The molecule has 0 saturated carbocycles. The first-order valence-corrected chi connectivity index (χ1v) is 9.19. The normalized spacial score (nSPS) is 20.6. The van der Waals surface area contributed by atoms with E-state index in [-0.39, 0.29) is 30.6 Å². The molecule has 0 unspecified atom stereocenters. The second-order valence-corrected chi connectivity index (χ2v) is 6.51. The van der Waals surface area contributed by atoms with Crippen LogP contribution in [0.4, 0.5) is 0 Å². The quantitative estimate of drug-likeness (QED) is 0.460. The Bertz CT molecular complexity index is 690. The van der Waals surface area contributed by atoms with Crippen LogP contribution in [0, 0.1) is 11.8 Å². The number of rotatable bonds is 11. The molecule has 2 N–H and O–H groups in total. The maximum Gasteiger partial charge on any atom is 0.303 e. The zero-order valence-electron chi connectivity index (χ0n) is 15.2. The molecule has 0 fully saturated rings. The second-order valence-electron chi connectivity index (χ2n) is 6.51. The van der Waals surface area contributed by atoms with Crippen molar-refractivity contribution < 1.29 is 24.5 Å². The van der Waals surface area contributed by atoms with E-state index in [9.17, 15) is 14.7 Å². The van der Waals surface area contributed by atoms with Crippen molar-refractivity contribution in [3.63, 3.8) is 0 Å². The van der Waals surface area contributed by atoms with E-state index >= 15 is 0 Å². The number of carboxylic acids is 1. The van der Waals surface area contributed by atoms with Gasteiger partial charge in [-0.15, -0.1) is 0 Å². The van der Waals surface area contributed by atoms with E-state index in [0.717, 1.165) is 0 Å². The van der Waals surface area contributed by atoms with Crippen LogP contribution >= 0.6 is 0 Å². The third kappa shape index (κ3) is 7.62. The van der Waals surface area contributed by atoms with Crippen LogP contribution in [0.5, 0.6) is 5.75 Å². The fourth-order valence-electron chi connectivity index (χ4n) is 2.87. The molecule has 1 aromatic rings. The summed E-state index contributed by atoms with van der Waals surface area (Å²) in [5.74, 6) is -0.230. The van der Waals surface area contributed by atoms with Gasteiger partial charge in [0.05, 0.1) is 0 Å². The van der Waals surface area contributed by atoms with Gasteiger partial charge in [0.25, 0.3) is 0 Å². The predicted octanol–water partition coefficient (Wildman–Crippen LogP) is 3.56. The Hall–Kier alpha value is -2.66. The largest absolute Gasteiger partial charge is 0.491 e. The highest BCUT2D eigenvalue weighted by atomic mass is 16.5. The standard InChI is InChI=1S/C22H26O5/c23-18(16-27-19-8-4-3-5-9-19)14-12-17-13-15-21(24)20(17)10-6-1-2-7-11-22(25)26/h1,3-6,8-9,12-15,17-18,20,23H,2,7,10-11,16H2,(H,25,26)/t17-,18+,20+/m0/s1. The minimum atomic E-state index is -0.793. The van der Waals surface area contributed by atoms with Crippen LogP contribution in [-0.4, -0.2) is 34.7 Å². The summed E-state index contributed by atoms with van der Waals surface area (Å²) in [6.45, 7) is 0.152. The molecule has 144 valence electrons. The molecule has 3 atom stereocenters. The molecule has 1 aliphatic rings. The number of benzene rings is 1. The summed E-state index contributed by atoms with van der Waals surface area (Å²) >= 11 is 0. The number of hydrogen-bond acceptors (Lipinski definition) is 4. The molecule has 2 rings (SSSR count). The van der Waals surface area contributed by atoms with Gasteiger partial charge < -0.3 is 14.9 Å². The molecular weight excluding hydrogens is 344 g/mol. The molecule has 5 nitrogen and oxygen atoms in total. The fourth-order valence-corrected chi connectivity index (χ4v) is 2.87. The maximum atomic E-state index is 12.0. The molecule has 0 bridgehead atoms. The molecular formula is C22H26O5.